The number of pyridine rings is 1. The van der Waals surface area contributed by atoms with Gasteiger partial charge in [-0.3, -0.25) is 4.79 Å². The number of primary amides is 1. The van der Waals surface area contributed by atoms with Crippen LogP contribution in [0.5, 0.6) is 0 Å². The maximum atomic E-state index is 11.8. The molecule has 1 heterocycles. The molecule has 0 aliphatic rings. The van der Waals surface area contributed by atoms with Crippen LogP contribution in [-0.4, -0.2) is 36.7 Å². The number of halogens is 1. The zero-order valence-electron chi connectivity index (χ0n) is 11.1. The largest absolute Gasteiger partial charge is 0.448 e. The number of nitrogens with one attached hydrogen (secondary N) is 2. The van der Waals surface area contributed by atoms with Gasteiger partial charge in [0.25, 0.3) is 5.91 Å². The highest BCUT2D eigenvalue weighted by Gasteiger charge is 2.09. The topological polar surface area (TPSA) is 106 Å². The molecule has 7 nitrogen and oxygen atoms in total. The van der Waals surface area contributed by atoms with Crippen molar-refractivity contribution < 1.29 is 14.3 Å². The summed E-state index contributed by atoms with van der Waals surface area (Å²) >= 11 is 6.02. The number of carbonyl (C=O) groups excluding carboxylic acids is 2. The summed E-state index contributed by atoms with van der Waals surface area (Å²) in [6, 6.07) is 1.52. The Labute approximate surface area is 121 Å². The van der Waals surface area contributed by atoms with Crippen LogP contribution in [0, 0.1) is 0 Å². The van der Waals surface area contributed by atoms with E-state index in [2.05, 4.69) is 20.4 Å². The summed E-state index contributed by atoms with van der Waals surface area (Å²) in [5, 5.41) is 5.98. The molecule has 0 spiro atoms. The summed E-state index contributed by atoms with van der Waals surface area (Å²) in [6.07, 6.45) is 1.49. The molecular weight excluding hydrogens is 284 g/mol. The van der Waals surface area contributed by atoms with Gasteiger partial charge in [0.2, 0.25) is 0 Å². The molecule has 0 saturated carbocycles. The van der Waals surface area contributed by atoms with Crippen molar-refractivity contribution in [3.8, 4) is 0 Å². The fraction of sp³-hybridized carbons (Fsp3) is 0.417. The molecule has 1 rings (SSSR count). The normalized spacial score (nSPS) is 9.90. The van der Waals surface area contributed by atoms with E-state index in [9.17, 15) is 9.59 Å². The molecule has 0 aliphatic heterocycles. The second-order valence-corrected chi connectivity index (χ2v) is 4.31. The van der Waals surface area contributed by atoms with Crippen LogP contribution in [0.3, 0.4) is 0 Å². The molecule has 0 saturated heterocycles. The molecular formula is C12H17ClN4O3. The lowest BCUT2D eigenvalue weighted by molar-refractivity contribution is 0.0936. The zero-order chi connectivity index (χ0) is 15.0. The lowest BCUT2D eigenvalue weighted by atomic mass is 10.2. The van der Waals surface area contributed by atoms with Crippen molar-refractivity contribution in [3.05, 3.63) is 22.8 Å². The minimum Gasteiger partial charge on any atom is -0.448 e. The molecule has 4 N–H and O–H groups in total. The van der Waals surface area contributed by atoms with Gasteiger partial charge in [-0.05, 0) is 12.5 Å². The van der Waals surface area contributed by atoms with Gasteiger partial charge in [-0.25, -0.2) is 9.78 Å². The number of amides is 2. The molecule has 1 aromatic rings. The predicted molar refractivity (Wildman–Crippen MR) is 75.9 cm³/mol. The lowest BCUT2D eigenvalue weighted by Crippen LogP contribution is -2.29. The second kappa shape index (κ2) is 8.21. The Morgan fingerprint density at radius 3 is 2.80 bits per heavy atom. The van der Waals surface area contributed by atoms with Gasteiger partial charge in [0, 0.05) is 12.7 Å². The third-order valence-corrected chi connectivity index (χ3v) is 2.57. The molecule has 0 radical (unpaired) electrons. The minimum atomic E-state index is -0.879. The van der Waals surface area contributed by atoms with Crippen molar-refractivity contribution >= 4 is 29.4 Å². The van der Waals surface area contributed by atoms with Gasteiger partial charge in [0.1, 0.15) is 12.4 Å². The van der Waals surface area contributed by atoms with Gasteiger partial charge in [0.05, 0.1) is 17.1 Å². The van der Waals surface area contributed by atoms with Crippen LogP contribution >= 0.6 is 11.6 Å². The molecule has 1 aromatic heterocycles. The summed E-state index contributed by atoms with van der Waals surface area (Å²) in [4.78, 5) is 26.2. The van der Waals surface area contributed by atoms with Crippen molar-refractivity contribution in [2.45, 2.75) is 13.3 Å². The fourth-order valence-electron chi connectivity index (χ4n) is 1.35. The van der Waals surface area contributed by atoms with Crippen molar-refractivity contribution in [2.24, 2.45) is 5.73 Å². The van der Waals surface area contributed by atoms with E-state index in [0.717, 1.165) is 13.0 Å². The van der Waals surface area contributed by atoms with Crippen LogP contribution in [0.2, 0.25) is 5.02 Å². The zero-order valence-corrected chi connectivity index (χ0v) is 11.9. The van der Waals surface area contributed by atoms with Crippen LogP contribution in [0.25, 0.3) is 0 Å². The third-order valence-electron chi connectivity index (χ3n) is 2.28. The average Bonchev–Trinajstić information content (AvgIpc) is 2.41. The van der Waals surface area contributed by atoms with Crippen molar-refractivity contribution in [1.82, 2.24) is 10.3 Å². The van der Waals surface area contributed by atoms with Crippen LogP contribution < -0.4 is 16.4 Å². The molecule has 0 atom stereocenters. The Kier molecular flexibility index (Phi) is 6.58. The van der Waals surface area contributed by atoms with E-state index in [4.69, 9.17) is 17.3 Å². The molecule has 0 aromatic carbocycles. The first-order valence-electron chi connectivity index (χ1n) is 6.14. The van der Waals surface area contributed by atoms with E-state index in [1.54, 1.807) is 0 Å². The highest BCUT2D eigenvalue weighted by molar-refractivity contribution is 6.33. The Bertz CT molecular complexity index is 482. The van der Waals surface area contributed by atoms with Gasteiger partial charge in [-0.15, -0.1) is 0 Å². The fourth-order valence-corrected chi connectivity index (χ4v) is 1.59. The number of nitrogens with zero attached hydrogens (tertiary/aromatic N) is 1. The summed E-state index contributed by atoms with van der Waals surface area (Å²) < 4.78 is 4.49. The molecule has 110 valence electrons. The number of aromatic nitrogens is 1. The molecule has 0 unspecified atom stereocenters. The van der Waals surface area contributed by atoms with Crippen LogP contribution in [0.4, 0.5) is 10.6 Å². The van der Waals surface area contributed by atoms with Gasteiger partial charge >= 0.3 is 6.09 Å². The first-order valence-corrected chi connectivity index (χ1v) is 6.52. The van der Waals surface area contributed by atoms with Crippen molar-refractivity contribution in [2.75, 3.05) is 25.0 Å². The smallest absolute Gasteiger partial charge is 0.404 e. The van der Waals surface area contributed by atoms with E-state index in [0.29, 0.717) is 16.4 Å². The van der Waals surface area contributed by atoms with Gasteiger partial charge in [0.15, 0.2) is 0 Å². The first-order chi connectivity index (χ1) is 9.54. The van der Waals surface area contributed by atoms with Gasteiger partial charge in [-0.1, -0.05) is 18.5 Å². The molecule has 20 heavy (non-hydrogen) atoms. The van der Waals surface area contributed by atoms with Crippen molar-refractivity contribution in [1.29, 1.82) is 0 Å². The molecule has 0 bridgehead atoms. The highest BCUT2D eigenvalue weighted by atomic mass is 35.5. The maximum absolute atomic E-state index is 11.8. The SMILES string of the molecule is CCCNc1ncc(C(=O)NCCOC(N)=O)cc1Cl. The van der Waals surface area contributed by atoms with E-state index in [-0.39, 0.29) is 19.1 Å². The van der Waals surface area contributed by atoms with E-state index < -0.39 is 6.09 Å². The molecule has 0 aliphatic carbocycles. The third kappa shape index (κ3) is 5.31. The summed E-state index contributed by atoms with van der Waals surface area (Å²) in [5.74, 6) is 0.191. The summed E-state index contributed by atoms with van der Waals surface area (Å²) in [6.45, 7) is 2.95. The number of ether oxygens (including phenoxy) is 1. The van der Waals surface area contributed by atoms with Crippen molar-refractivity contribution in [3.63, 3.8) is 0 Å². The van der Waals surface area contributed by atoms with Crippen LogP contribution in [0.1, 0.15) is 23.7 Å². The van der Waals surface area contributed by atoms with Crippen LogP contribution in [0.15, 0.2) is 12.3 Å². The van der Waals surface area contributed by atoms with Gasteiger partial charge in [-0.2, -0.15) is 0 Å². The van der Waals surface area contributed by atoms with E-state index in [1.807, 2.05) is 6.92 Å². The lowest BCUT2D eigenvalue weighted by Gasteiger charge is -2.08. The van der Waals surface area contributed by atoms with E-state index in [1.165, 1.54) is 12.3 Å². The average molecular weight is 301 g/mol. The number of rotatable bonds is 7. The Hall–Kier alpha value is -2.02. The maximum Gasteiger partial charge on any atom is 0.404 e. The van der Waals surface area contributed by atoms with Gasteiger partial charge < -0.3 is 21.1 Å². The Morgan fingerprint density at radius 2 is 2.20 bits per heavy atom. The second-order valence-electron chi connectivity index (χ2n) is 3.90. The monoisotopic (exact) mass is 300 g/mol. The minimum absolute atomic E-state index is 0.0123. The number of anilines is 1. The Morgan fingerprint density at radius 1 is 1.45 bits per heavy atom. The molecule has 2 amide bonds. The summed E-state index contributed by atoms with van der Waals surface area (Å²) in [5.41, 5.74) is 5.12. The number of carbonyl (C=O) groups is 2. The Balaban J connectivity index is 2.52. The number of hydrogen-bond acceptors (Lipinski definition) is 5. The highest BCUT2D eigenvalue weighted by Crippen LogP contribution is 2.19. The van der Waals surface area contributed by atoms with E-state index >= 15 is 0 Å². The molecule has 8 heteroatoms. The standard InChI is InChI=1S/C12H17ClN4O3/c1-2-3-15-10-9(13)6-8(7-17-10)11(18)16-4-5-20-12(14)19/h6-7H,2-5H2,1H3,(H2,14,19)(H,15,17)(H,16,18). The number of nitrogens with two attached hydrogens (primary N) is 1. The molecule has 0 fully saturated rings. The summed E-state index contributed by atoms with van der Waals surface area (Å²) in [7, 11) is 0. The first kappa shape index (κ1) is 16.0. The van der Waals surface area contributed by atoms with Crippen LogP contribution in [-0.2, 0) is 4.74 Å². The quantitative estimate of drug-likeness (QED) is 0.660. The predicted octanol–water partition coefficient (Wildman–Crippen LogP) is 1.38. The number of hydrogen-bond donors (Lipinski definition) is 3.